The highest BCUT2D eigenvalue weighted by molar-refractivity contribution is 5.92. The van der Waals surface area contributed by atoms with E-state index < -0.39 is 5.91 Å². The molecule has 6 heteroatoms. The minimum atomic E-state index is -0.490. The second-order valence-electron chi connectivity index (χ2n) is 5.01. The number of hydrogen-bond donors (Lipinski definition) is 1. The van der Waals surface area contributed by atoms with Gasteiger partial charge >= 0.3 is 0 Å². The Morgan fingerprint density at radius 1 is 1.33 bits per heavy atom. The standard InChI is InChI=1S/C15H20N2O4/c1-11-6-8-20-9-7-17(11)14(18)10-21-13-4-2-12(3-5-13)15(16)19/h2-5,11H,6-10H2,1H3,(H2,16,19). The third-order valence-electron chi connectivity index (χ3n) is 3.51. The van der Waals surface area contributed by atoms with Gasteiger partial charge in [-0.2, -0.15) is 0 Å². The molecule has 2 N–H and O–H groups in total. The van der Waals surface area contributed by atoms with Gasteiger partial charge in [0.05, 0.1) is 6.61 Å². The molecule has 0 aliphatic carbocycles. The van der Waals surface area contributed by atoms with Crippen LogP contribution in [-0.2, 0) is 9.53 Å². The molecular weight excluding hydrogens is 272 g/mol. The Labute approximate surface area is 123 Å². The number of nitrogens with zero attached hydrogens (tertiary/aromatic N) is 1. The first kappa shape index (κ1) is 15.3. The van der Waals surface area contributed by atoms with Crippen molar-refractivity contribution in [1.82, 2.24) is 4.90 Å². The molecule has 0 saturated carbocycles. The van der Waals surface area contributed by atoms with Gasteiger partial charge in [0.1, 0.15) is 5.75 Å². The molecule has 21 heavy (non-hydrogen) atoms. The van der Waals surface area contributed by atoms with Crippen LogP contribution >= 0.6 is 0 Å². The Balaban J connectivity index is 1.89. The summed E-state index contributed by atoms with van der Waals surface area (Å²) in [5, 5.41) is 0. The maximum atomic E-state index is 12.2. The maximum Gasteiger partial charge on any atom is 0.260 e. The molecule has 0 aromatic heterocycles. The third kappa shape index (κ3) is 4.19. The third-order valence-corrected chi connectivity index (χ3v) is 3.51. The number of rotatable bonds is 4. The van der Waals surface area contributed by atoms with E-state index in [1.165, 1.54) is 0 Å². The fourth-order valence-corrected chi connectivity index (χ4v) is 2.21. The summed E-state index contributed by atoms with van der Waals surface area (Å²) in [6.45, 7) is 3.81. The van der Waals surface area contributed by atoms with E-state index in [1.807, 2.05) is 6.92 Å². The van der Waals surface area contributed by atoms with Crippen LogP contribution in [0.25, 0.3) is 0 Å². The largest absolute Gasteiger partial charge is 0.484 e. The van der Waals surface area contributed by atoms with Crippen molar-refractivity contribution in [2.45, 2.75) is 19.4 Å². The summed E-state index contributed by atoms with van der Waals surface area (Å²) in [6, 6.07) is 6.56. The summed E-state index contributed by atoms with van der Waals surface area (Å²) < 4.78 is 10.8. The van der Waals surface area contributed by atoms with Crippen molar-refractivity contribution in [3.63, 3.8) is 0 Å². The maximum absolute atomic E-state index is 12.2. The SMILES string of the molecule is CC1CCOCCN1C(=O)COc1ccc(C(N)=O)cc1. The topological polar surface area (TPSA) is 81.9 Å². The number of ether oxygens (including phenoxy) is 2. The lowest BCUT2D eigenvalue weighted by atomic mass is 10.2. The molecule has 1 unspecified atom stereocenters. The minimum absolute atomic E-state index is 0.0275. The first-order valence-electron chi connectivity index (χ1n) is 6.98. The predicted octanol–water partition coefficient (Wildman–Crippen LogP) is 0.802. The average Bonchev–Trinajstić information content (AvgIpc) is 2.70. The van der Waals surface area contributed by atoms with Crippen LogP contribution in [0, 0.1) is 0 Å². The molecule has 1 atom stereocenters. The van der Waals surface area contributed by atoms with Crippen LogP contribution in [-0.4, -0.2) is 49.1 Å². The Bertz CT molecular complexity index is 501. The van der Waals surface area contributed by atoms with E-state index >= 15 is 0 Å². The van der Waals surface area contributed by atoms with E-state index in [4.69, 9.17) is 15.2 Å². The zero-order chi connectivity index (χ0) is 15.2. The number of benzene rings is 1. The molecule has 2 rings (SSSR count). The van der Waals surface area contributed by atoms with Crippen LogP contribution in [0.15, 0.2) is 24.3 Å². The second-order valence-corrected chi connectivity index (χ2v) is 5.01. The molecule has 2 amide bonds. The van der Waals surface area contributed by atoms with Crippen LogP contribution in [0.2, 0.25) is 0 Å². The van der Waals surface area contributed by atoms with E-state index in [2.05, 4.69) is 0 Å². The Kier molecular flexibility index (Phi) is 5.16. The average molecular weight is 292 g/mol. The molecule has 1 aromatic rings. The molecule has 114 valence electrons. The monoisotopic (exact) mass is 292 g/mol. The van der Waals surface area contributed by atoms with Crippen molar-refractivity contribution in [2.75, 3.05) is 26.4 Å². The van der Waals surface area contributed by atoms with Crippen LogP contribution in [0.5, 0.6) is 5.75 Å². The molecular formula is C15H20N2O4. The van der Waals surface area contributed by atoms with Crippen LogP contribution in [0.4, 0.5) is 0 Å². The molecule has 1 aliphatic rings. The number of carbonyl (C=O) groups excluding carboxylic acids is 2. The molecule has 0 radical (unpaired) electrons. The fraction of sp³-hybridized carbons (Fsp3) is 0.467. The number of hydrogen-bond acceptors (Lipinski definition) is 4. The van der Waals surface area contributed by atoms with Gasteiger partial charge in [0.25, 0.3) is 5.91 Å². The zero-order valence-corrected chi connectivity index (χ0v) is 12.1. The lowest BCUT2D eigenvalue weighted by Crippen LogP contribution is -2.42. The molecule has 0 bridgehead atoms. The van der Waals surface area contributed by atoms with Gasteiger partial charge < -0.3 is 20.1 Å². The van der Waals surface area contributed by atoms with E-state index in [-0.39, 0.29) is 18.6 Å². The molecule has 1 aromatic carbocycles. The minimum Gasteiger partial charge on any atom is -0.484 e. The van der Waals surface area contributed by atoms with Crippen molar-refractivity contribution in [2.24, 2.45) is 5.73 Å². The Morgan fingerprint density at radius 2 is 2.05 bits per heavy atom. The number of carbonyl (C=O) groups is 2. The normalized spacial score (nSPS) is 18.9. The highest BCUT2D eigenvalue weighted by atomic mass is 16.5. The molecule has 6 nitrogen and oxygen atoms in total. The van der Waals surface area contributed by atoms with Crippen molar-refractivity contribution >= 4 is 11.8 Å². The van der Waals surface area contributed by atoms with Gasteiger partial charge in [-0.05, 0) is 37.6 Å². The summed E-state index contributed by atoms with van der Waals surface area (Å²) in [6.07, 6.45) is 0.832. The number of nitrogens with two attached hydrogens (primary N) is 1. The lowest BCUT2D eigenvalue weighted by Gasteiger charge is -2.26. The summed E-state index contributed by atoms with van der Waals surface area (Å²) in [5.74, 6) is -0.0185. The quantitative estimate of drug-likeness (QED) is 0.890. The Morgan fingerprint density at radius 3 is 2.71 bits per heavy atom. The zero-order valence-electron chi connectivity index (χ0n) is 12.1. The summed E-state index contributed by atoms with van der Waals surface area (Å²) in [5.41, 5.74) is 5.57. The van der Waals surface area contributed by atoms with Gasteiger partial charge in [0, 0.05) is 24.8 Å². The molecule has 1 fully saturated rings. The van der Waals surface area contributed by atoms with Gasteiger partial charge in [-0.3, -0.25) is 9.59 Å². The van der Waals surface area contributed by atoms with Gasteiger partial charge in [0.2, 0.25) is 5.91 Å². The van der Waals surface area contributed by atoms with E-state index in [0.717, 1.165) is 6.42 Å². The van der Waals surface area contributed by atoms with Crippen LogP contribution < -0.4 is 10.5 Å². The van der Waals surface area contributed by atoms with Crippen molar-refractivity contribution in [3.05, 3.63) is 29.8 Å². The highest BCUT2D eigenvalue weighted by Crippen LogP contribution is 2.13. The van der Waals surface area contributed by atoms with Crippen molar-refractivity contribution in [1.29, 1.82) is 0 Å². The lowest BCUT2D eigenvalue weighted by molar-refractivity contribution is -0.135. The summed E-state index contributed by atoms with van der Waals surface area (Å²) in [7, 11) is 0. The van der Waals surface area contributed by atoms with E-state index in [0.29, 0.717) is 31.1 Å². The van der Waals surface area contributed by atoms with Gasteiger partial charge in [-0.15, -0.1) is 0 Å². The van der Waals surface area contributed by atoms with Crippen molar-refractivity contribution in [3.8, 4) is 5.75 Å². The summed E-state index contributed by atoms with van der Waals surface area (Å²) in [4.78, 5) is 24.9. The predicted molar refractivity (Wildman–Crippen MR) is 77.1 cm³/mol. The summed E-state index contributed by atoms with van der Waals surface area (Å²) >= 11 is 0. The van der Waals surface area contributed by atoms with Crippen LogP contribution in [0.3, 0.4) is 0 Å². The number of primary amides is 1. The van der Waals surface area contributed by atoms with Gasteiger partial charge in [-0.25, -0.2) is 0 Å². The molecule has 1 heterocycles. The van der Waals surface area contributed by atoms with Crippen LogP contribution in [0.1, 0.15) is 23.7 Å². The van der Waals surface area contributed by atoms with E-state index in [9.17, 15) is 9.59 Å². The van der Waals surface area contributed by atoms with Crippen molar-refractivity contribution < 1.29 is 19.1 Å². The highest BCUT2D eigenvalue weighted by Gasteiger charge is 2.22. The van der Waals surface area contributed by atoms with Gasteiger partial charge in [0.15, 0.2) is 6.61 Å². The van der Waals surface area contributed by atoms with Gasteiger partial charge in [-0.1, -0.05) is 0 Å². The second kappa shape index (κ2) is 7.08. The first-order chi connectivity index (χ1) is 10.1. The fourth-order valence-electron chi connectivity index (χ4n) is 2.21. The van der Waals surface area contributed by atoms with E-state index in [1.54, 1.807) is 29.2 Å². The smallest absolute Gasteiger partial charge is 0.260 e. The molecule has 1 saturated heterocycles. The number of amides is 2. The molecule has 1 aliphatic heterocycles. The first-order valence-corrected chi connectivity index (χ1v) is 6.98. The Hall–Kier alpha value is -2.08. The molecule has 0 spiro atoms.